The smallest absolute Gasteiger partial charge is 0.332 e. The number of rotatable bonds is 2. The molecule has 2 heterocycles. The van der Waals surface area contributed by atoms with Crippen LogP contribution in [-0.2, 0) is 9.59 Å². The quantitative estimate of drug-likeness (QED) is 0.557. The zero-order valence-electron chi connectivity index (χ0n) is 8.14. The summed E-state index contributed by atoms with van der Waals surface area (Å²) in [5, 5.41) is 11.3. The first-order valence-electron chi connectivity index (χ1n) is 4.51. The molecule has 0 spiro atoms. The van der Waals surface area contributed by atoms with Crippen molar-refractivity contribution < 1.29 is 19.4 Å². The molecular weight excluding hydrogens is 212 g/mol. The molecule has 0 radical (unpaired) electrons. The van der Waals surface area contributed by atoms with E-state index in [9.17, 15) is 9.59 Å². The number of pyridine rings is 1. The molecule has 0 bridgehead atoms. The molecule has 2 rings (SSSR count). The van der Waals surface area contributed by atoms with E-state index in [1.807, 2.05) is 0 Å². The fourth-order valence-corrected chi connectivity index (χ4v) is 1.25. The van der Waals surface area contributed by atoms with Crippen LogP contribution in [0.3, 0.4) is 0 Å². The van der Waals surface area contributed by atoms with Gasteiger partial charge in [-0.1, -0.05) is 0 Å². The monoisotopic (exact) mass is 220 g/mol. The Morgan fingerprint density at radius 2 is 2.44 bits per heavy atom. The molecule has 0 fully saturated rings. The average molecular weight is 220 g/mol. The standard InChI is InChI=1S/C10H8N2O4/c13-8(14)2-1-6-3-7-10(12-4-6)16-9(15)5-11-7/h1-4,11H,5H2,(H,13,14). The van der Waals surface area contributed by atoms with Crippen molar-refractivity contribution in [3.8, 4) is 5.88 Å². The molecular formula is C10H8N2O4. The number of hydrogen-bond donors (Lipinski definition) is 2. The van der Waals surface area contributed by atoms with Crippen LogP contribution in [0.5, 0.6) is 5.88 Å². The second-order valence-corrected chi connectivity index (χ2v) is 3.12. The van der Waals surface area contributed by atoms with E-state index in [4.69, 9.17) is 9.84 Å². The molecule has 0 atom stereocenters. The number of aromatic nitrogens is 1. The summed E-state index contributed by atoms with van der Waals surface area (Å²) in [6.07, 6.45) is 3.85. The Balaban J connectivity index is 2.26. The lowest BCUT2D eigenvalue weighted by molar-refractivity contribution is -0.133. The van der Waals surface area contributed by atoms with Gasteiger partial charge in [-0.2, -0.15) is 0 Å². The second kappa shape index (κ2) is 4.01. The van der Waals surface area contributed by atoms with Crippen LogP contribution in [0, 0.1) is 0 Å². The van der Waals surface area contributed by atoms with E-state index < -0.39 is 11.9 Å². The normalized spacial score (nSPS) is 14.1. The summed E-state index contributed by atoms with van der Waals surface area (Å²) in [7, 11) is 0. The van der Waals surface area contributed by atoms with Crippen LogP contribution in [0.25, 0.3) is 6.08 Å². The molecule has 0 aromatic carbocycles. The van der Waals surface area contributed by atoms with Crippen LogP contribution in [-0.4, -0.2) is 28.6 Å². The van der Waals surface area contributed by atoms with Crippen molar-refractivity contribution in [1.82, 2.24) is 4.98 Å². The van der Waals surface area contributed by atoms with Gasteiger partial charge in [0.05, 0.1) is 5.69 Å². The number of carboxylic acids is 1. The minimum Gasteiger partial charge on any atom is -0.478 e. The summed E-state index contributed by atoms with van der Waals surface area (Å²) in [6, 6.07) is 1.66. The van der Waals surface area contributed by atoms with Gasteiger partial charge in [-0.15, -0.1) is 0 Å². The summed E-state index contributed by atoms with van der Waals surface area (Å²) in [5.74, 6) is -1.21. The summed E-state index contributed by atoms with van der Waals surface area (Å²) < 4.78 is 4.86. The van der Waals surface area contributed by atoms with Gasteiger partial charge < -0.3 is 15.2 Å². The number of aliphatic carboxylic acids is 1. The van der Waals surface area contributed by atoms with Crippen LogP contribution in [0.4, 0.5) is 5.69 Å². The van der Waals surface area contributed by atoms with E-state index in [2.05, 4.69) is 10.3 Å². The van der Waals surface area contributed by atoms with Crippen molar-refractivity contribution in [2.24, 2.45) is 0 Å². The number of nitrogens with one attached hydrogen (secondary N) is 1. The highest BCUT2D eigenvalue weighted by Gasteiger charge is 2.17. The van der Waals surface area contributed by atoms with E-state index >= 15 is 0 Å². The predicted octanol–water partition coefficient (Wildman–Crippen LogP) is 0.510. The Morgan fingerprint density at radius 1 is 1.62 bits per heavy atom. The van der Waals surface area contributed by atoms with E-state index in [1.54, 1.807) is 6.07 Å². The van der Waals surface area contributed by atoms with Gasteiger partial charge in [0.1, 0.15) is 6.54 Å². The molecule has 82 valence electrons. The van der Waals surface area contributed by atoms with Gasteiger partial charge in [0.25, 0.3) is 0 Å². The molecule has 6 nitrogen and oxygen atoms in total. The summed E-state index contributed by atoms with van der Waals surface area (Å²) >= 11 is 0. The molecule has 0 aliphatic carbocycles. The first-order valence-corrected chi connectivity index (χ1v) is 4.51. The van der Waals surface area contributed by atoms with Gasteiger partial charge in [0, 0.05) is 12.3 Å². The van der Waals surface area contributed by atoms with Gasteiger partial charge in [-0.25, -0.2) is 14.6 Å². The van der Waals surface area contributed by atoms with Crippen LogP contribution < -0.4 is 10.1 Å². The fourth-order valence-electron chi connectivity index (χ4n) is 1.25. The molecule has 1 aromatic heterocycles. The Hall–Kier alpha value is -2.37. The van der Waals surface area contributed by atoms with Crippen molar-refractivity contribution in [3.05, 3.63) is 23.9 Å². The van der Waals surface area contributed by atoms with Crippen molar-refractivity contribution in [1.29, 1.82) is 0 Å². The minimum atomic E-state index is -1.03. The number of ether oxygens (including phenoxy) is 1. The van der Waals surface area contributed by atoms with E-state index in [-0.39, 0.29) is 12.4 Å². The number of carboxylic acid groups (broad SMARTS) is 1. The number of esters is 1. The highest BCUT2D eigenvalue weighted by molar-refractivity contribution is 5.86. The maximum absolute atomic E-state index is 10.9. The third-order valence-electron chi connectivity index (χ3n) is 1.92. The topological polar surface area (TPSA) is 88.5 Å². The first kappa shape index (κ1) is 10.2. The highest BCUT2D eigenvalue weighted by Crippen LogP contribution is 2.25. The van der Waals surface area contributed by atoms with Crippen molar-refractivity contribution in [2.45, 2.75) is 0 Å². The second-order valence-electron chi connectivity index (χ2n) is 3.12. The lowest BCUT2D eigenvalue weighted by Gasteiger charge is -2.16. The lowest BCUT2D eigenvalue weighted by atomic mass is 10.2. The Bertz CT molecular complexity index is 482. The molecule has 2 N–H and O–H groups in total. The summed E-state index contributed by atoms with van der Waals surface area (Å²) in [5.41, 5.74) is 1.19. The van der Waals surface area contributed by atoms with Crippen LogP contribution in [0.1, 0.15) is 5.56 Å². The zero-order chi connectivity index (χ0) is 11.5. The van der Waals surface area contributed by atoms with Gasteiger partial charge in [0.2, 0.25) is 5.88 Å². The summed E-state index contributed by atoms with van der Waals surface area (Å²) in [6.45, 7) is 0.0841. The van der Waals surface area contributed by atoms with Gasteiger partial charge >= 0.3 is 11.9 Å². The molecule has 16 heavy (non-hydrogen) atoms. The molecule has 0 saturated carbocycles. The number of carbonyl (C=O) groups is 2. The SMILES string of the molecule is O=C(O)C=Cc1cnc2c(c1)NCC(=O)O2. The number of nitrogens with zero attached hydrogens (tertiary/aromatic N) is 1. The van der Waals surface area contributed by atoms with Crippen LogP contribution in [0.2, 0.25) is 0 Å². The number of hydrogen-bond acceptors (Lipinski definition) is 5. The maximum atomic E-state index is 10.9. The first-order chi connectivity index (χ1) is 7.65. The van der Waals surface area contributed by atoms with Crippen molar-refractivity contribution in [2.75, 3.05) is 11.9 Å². The molecule has 1 aliphatic heterocycles. The van der Waals surface area contributed by atoms with E-state index in [0.29, 0.717) is 11.3 Å². The molecule has 1 aromatic rings. The average Bonchev–Trinajstić information content (AvgIpc) is 2.26. The van der Waals surface area contributed by atoms with Gasteiger partial charge in [-0.05, 0) is 17.7 Å². The van der Waals surface area contributed by atoms with E-state index in [1.165, 1.54) is 12.3 Å². The van der Waals surface area contributed by atoms with E-state index in [0.717, 1.165) is 6.08 Å². The van der Waals surface area contributed by atoms with Crippen molar-refractivity contribution >= 4 is 23.7 Å². The third-order valence-corrected chi connectivity index (χ3v) is 1.92. The molecule has 6 heteroatoms. The minimum absolute atomic E-state index is 0.0841. The highest BCUT2D eigenvalue weighted by atomic mass is 16.5. The van der Waals surface area contributed by atoms with Crippen molar-refractivity contribution in [3.63, 3.8) is 0 Å². The molecule has 0 saturated heterocycles. The van der Waals surface area contributed by atoms with Crippen LogP contribution in [0.15, 0.2) is 18.3 Å². The number of carbonyl (C=O) groups excluding carboxylic acids is 1. The zero-order valence-corrected chi connectivity index (χ0v) is 8.14. The van der Waals surface area contributed by atoms with Gasteiger partial charge in [-0.3, -0.25) is 0 Å². The van der Waals surface area contributed by atoms with Gasteiger partial charge in [0.15, 0.2) is 0 Å². The molecule has 1 aliphatic rings. The largest absolute Gasteiger partial charge is 0.478 e. The molecule has 0 unspecified atom stereocenters. The fraction of sp³-hybridized carbons (Fsp3) is 0.100. The Kier molecular flexibility index (Phi) is 2.55. The third kappa shape index (κ3) is 2.17. The maximum Gasteiger partial charge on any atom is 0.332 e. The predicted molar refractivity (Wildman–Crippen MR) is 55.0 cm³/mol. The molecule has 0 amide bonds. The number of anilines is 1. The Morgan fingerprint density at radius 3 is 3.19 bits per heavy atom. The van der Waals surface area contributed by atoms with Crippen LogP contribution >= 0.6 is 0 Å². The number of fused-ring (bicyclic) bond motifs is 1. The summed E-state index contributed by atoms with van der Waals surface area (Å²) in [4.78, 5) is 25.1. The Labute approximate surface area is 90.6 Å². The lowest BCUT2D eigenvalue weighted by Crippen LogP contribution is -2.25.